The van der Waals surface area contributed by atoms with Crippen LogP contribution in [0.15, 0.2) is 16.7 Å². The summed E-state index contributed by atoms with van der Waals surface area (Å²) in [7, 11) is -0.957. The fourth-order valence-corrected chi connectivity index (χ4v) is 2.71. The molecule has 8 heteroatoms. The molecule has 0 spiro atoms. The zero-order valence-corrected chi connectivity index (χ0v) is 14.1. The molecule has 0 fully saturated rings. The number of nitrogens with zero attached hydrogens (tertiary/aromatic N) is 2. The molecule has 0 amide bonds. The molecule has 0 unspecified atom stereocenters. The number of furan rings is 1. The Labute approximate surface area is 128 Å². The number of fused-ring (bicyclic) bond motifs is 1. The zero-order valence-electron chi connectivity index (χ0n) is 13.2. The van der Waals surface area contributed by atoms with Crippen molar-refractivity contribution in [2.45, 2.75) is 26.2 Å². The lowest BCUT2D eigenvalue weighted by molar-refractivity contribution is 0.100. The number of rotatable bonds is 5. The Kier molecular flexibility index (Phi) is 4.52. The van der Waals surface area contributed by atoms with E-state index in [1.807, 2.05) is 20.8 Å². The lowest BCUT2D eigenvalue weighted by Crippen LogP contribution is -2.10. The predicted octanol–water partition coefficient (Wildman–Crippen LogP) is 3.19. The Morgan fingerprint density at radius 3 is 2.50 bits per heavy atom. The molecule has 7 nitrogen and oxygen atoms in total. The fraction of sp³-hybridized carbons (Fsp3) is 0.500. The number of hydrogen-bond acceptors (Lipinski definition) is 7. The molecule has 0 saturated carbocycles. The third-order valence-corrected chi connectivity index (χ3v) is 4.94. The Balaban J connectivity index is 2.33. The third-order valence-electron chi connectivity index (χ3n) is 3.16. The monoisotopic (exact) mass is 326 g/mol. The molecular weight excluding hydrogens is 307 g/mol. The molecule has 2 rings (SSSR count). The summed E-state index contributed by atoms with van der Waals surface area (Å²) in [6, 6.07) is 1.76. The van der Waals surface area contributed by atoms with Crippen LogP contribution in [-0.4, -0.2) is 36.1 Å². The Bertz CT molecular complexity index is 739. The molecule has 2 heterocycles. The van der Waals surface area contributed by atoms with E-state index in [1.165, 1.54) is 20.4 Å². The highest BCUT2D eigenvalue weighted by Gasteiger charge is 2.28. The minimum atomic E-state index is -3.43. The van der Waals surface area contributed by atoms with E-state index in [0.717, 1.165) is 5.76 Å². The van der Waals surface area contributed by atoms with Crippen molar-refractivity contribution in [3.05, 3.63) is 23.7 Å². The average Bonchev–Trinajstić information content (AvgIpc) is 2.90. The summed E-state index contributed by atoms with van der Waals surface area (Å²) in [4.78, 5) is 20.5. The van der Waals surface area contributed by atoms with Gasteiger partial charge in [0.1, 0.15) is 23.1 Å². The molecule has 0 aliphatic rings. The highest BCUT2D eigenvalue weighted by atomic mass is 31.2. The van der Waals surface area contributed by atoms with Crippen LogP contribution in [0.25, 0.3) is 11.2 Å². The average molecular weight is 326 g/mol. The molecule has 0 aromatic carbocycles. The van der Waals surface area contributed by atoms with Crippen molar-refractivity contribution >= 4 is 24.6 Å². The molecule has 22 heavy (non-hydrogen) atoms. The largest absolute Gasteiger partial charge is 0.441 e. The van der Waals surface area contributed by atoms with E-state index in [4.69, 9.17) is 13.5 Å². The maximum Gasteiger partial charge on any atom is 0.337 e. The Morgan fingerprint density at radius 2 is 1.95 bits per heavy atom. The molecule has 2 aromatic rings. The van der Waals surface area contributed by atoms with Gasteiger partial charge in [-0.15, -0.1) is 0 Å². The van der Waals surface area contributed by atoms with Crippen molar-refractivity contribution in [3.8, 4) is 0 Å². The summed E-state index contributed by atoms with van der Waals surface area (Å²) in [6.07, 6.45) is 0.917. The van der Waals surface area contributed by atoms with Gasteiger partial charge in [-0.3, -0.25) is 9.36 Å². The summed E-state index contributed by atoms with van der Waals surface area (Å²) < 4.78 is 27.1. The smallest absolute Gasteiger partial charge is 0.337 e. The summed E-state index contributed by atoms with van der Waals surface area (Å²) in [5.41, 5.74) is 0.764. The highest BCUT2D eigenvalue weighted by molar-refractivity contribution is 7.54. The van der Waals surface area contributed by atoms with E-state index in [1.54, 1.807) is 6.07 Å². The predicted molar refractivity (Wildman–Crippen MR) is 81.3 cm³/mol. The van der Waals surface area contributed by atoms with Gasteiger partial charge in [0.05, 0.1) is 6.20 Å². The zero-order chi connectivity index (χ0) is 16.5. The van der Waals surface area contributed by atoms with E-state index < -0.39 is 13.4 Å². The lowest BCUT2D eigenvalue weighted by Gasteiger charge is -2.13. The van der Waals surface area contributed by atoms with Gasteiger partial charge in [-0.2, -0.15) is 0 Å². The van der Waals surface area contributed by atoms with E-state index >= 15 is 0 Å². The van der Waals surface area contributed by atoms with Crippen LogP contribution in [0.5, 0.6) is 0 Å². The standard InChI is InChI=1S/C14H19N2O5P/c1-14(2,3)12-6-9-13(21-12)15-7-10(16-9)11(17)8-22(18,19-4)20-5/h6-7H,8H2,1-5H3. The van der Waals surface area contributed by atoms with Gasteiger partial charge < -0.3 is 13.5 Å². The summed E-state index contributed by atoms with van der Waals surface area (Å²) in [5, 5.41) is 0. The van der Waals surface area contributed by atoms with Gasteiger partial charge in [0.2, 0.25) is 5.71 Å². The van der Waals surface area contributed by atoms with Crippen LogP contribution in [0, 0.1) is 0 Å². The van der Waals surface area contributed by atoms with E-state index in [2.05, 4.69) is 9.97 Å². The van der Waals surface area contributed by atoms with Crippen molar-refractivity contribution in [3.63, 3.8) is 0 Å². The van der Waals surface area contributed by atoms with Crippen LogP contribution < -0.4 is 0 Å². The first-order chi connectivity index (χ1) is 10.2. The molecular formula is C14H19N2O5P. The van der Waals surface area contributed by atoms with E-state index in [0.29, 0.717) is 11.2 Å². The number of hydrogen-bond donors (Lipinski definition) is 0. The van der Waals surface area contributed by atoms with Crippen LogP contribution in [-0.2, 0) is 19.0 Å². The van der Waals surface area contributed by atoms with Crippen LogP contribution >= 0.6 is 7.60 Å². The Morgan fingerprint density at radius 1 is 1.32 bits per heavy atom. The van der Waals surface area contributed by atoms with Crippen LogP contribution in [0.2, 0.25) is 0 Å². The minimum Gasteiger partial charge on any atom is -0.441 e. The summed E-state index contributed by atoms with van der Waals surface area (Å²) in [5.74, 6) is 0.270. The third kappa shape index (κ3) is 3.43. The topological polar surface area (TPSA) is 91.5 Å². The number of carbonyl (C=O) groups excluding carboxylic acids is 1. The molecule has 120 valence electrons. The molecule has 0 atom stereocenters. The second-order valence-corrected chi connectivity index (χ2v) is 8.13. The van der Waals surface area contributed by atoms with Crippen molar-refractivity contribution in [1.82, 2.24) is 9.97 Å². The first kappa shape index (κ1) is 16.8. The summed E-state index contributed by atoms with van der Waals surface area (Å²) in [6.45, 7) is 6.01. The van der Waals surface area contributed by atoms with Gasteiger partial charge in [-0.05, 0) is 0 Å². The second-order valence-electron chi connectivity index (χ2n) is 5.86. The Hall–Kier alpha value is -1.56. The highest BCUT2D eigenvalue weighted by Crippen LogP contribution is 2.46. The van der Waals surface area contributed by atoms with Crippen LogP contribution in [0.1, 0.15) is 37.0 Å². The molecule has 0 radical (unpaired) electrons. The minimum absolute atomic E-state index is 0.100. The van der Waals surface area contributed by atoms with Crippen LogP contribution in [0.3, 0.4) is 0 Å². The van der Waals surface area contributed by atoms with Gasteiger partial charge >= 0.3 is 7.60 Å². The molecule has 0 aliphatic heterocycles. The van der Waals surface area contributed by atoms with Gasteiger partial charge in [0.25, 0.3) is 0 Å². The molecule has 0 bridgehead atoms. The first-order valence-electron chi connectivity index (χ1n) is 6.69. The van der Waals surface area contributed by atoms with Gasteiger partial charge in [0, 0.05) is 25.7 Å². The maximum atomic E-state index is 12.2. The lowest BCUT2D eigenvalue weighted by atomic mass is 9.93. The van der Waals surface area contributed by atoms with Gasteiger partial charge in [-0.25, -0.2) is 9.97 Å². The number of ketones is 1. The van der Waals surface area contributed by atoms with Crippen molar-refractivity contribution in [2.75, 3.05) is 20.4 Å². The first-order valence-corrected chi connectivity index (χ1v) is 8.42. The number of carbonyl (C=O) groups is 1. The molecule has 2 aromatic heterocycles. The van der Waals surface area contributed by atoms with E-state index in [-0.39, 0.29) is 17.3 Å². The van der Waals surface area contributed by atoms with Crippen molar-refractivity contribution in [2.24, 2.45) is 0 Å². The molecule has 0 saturated heterocycles. The number of Topliss-reactive ketones (excluding diaryl/α,β-unsaturated/α-hetero) is 1. The fourth-order valence-electron chi connectivity index (χ4n) is 1.79. The summed E-state index contributed by atoms with van der Waals surface area (Å²) >= 11 is 0. The quantitative estimate of drug-likeness (QED) is 0.615. The SMILES string of the molecule is COP(=O)(CC(=O)c1cnc2oc(C(C)(C)C)cc2n1)OC. The van der Waals surface area contributed by atoms with E-state index in [9.17, 15) is 9.36 Å². The van der Waals surface area contributed by atoms with Crippen molar-refractivity contribution in [1.29, 1.82) is 0 Å². The van der Waals surface area contributed by atoms with Gasteiger partial charge in [-0.1, -0.05) is 20.8 Å². The van der Waals surface area contributed by atoms with Crippen LogP contribution in [0.4, 0.5) is 0 Å². The van der Waals surface area contributed by atoms with Gasteiger partial charge in [0.15, 0.2) is 5.78 Å². The maximum absolute atomic E-state index is 12.2. The number of aromatic nitrogens is 2. The normalized spacial score (nSPS) is 12.8. The molecule has 0 N–H and O–H groups in total. The second kappa shape index (κ2) is 5.91. The molecule has 0 aliphatic carbocycles. The van der Waals surface area contributed by atoms with Crippen molar-refractivity contribution < 1.29 is 22.8 Å².